The van der Waals surface area contributed by atoms with Crippen LogP contribution < -0.4 is 0 Å². The molecule has 0 spiro atoms. The van der Waals surface area contributed by atoms with Crippen LogP contribution in [0, 0.1) is 23.0 Å². The Kier molecular flexibility index (Phi) is 7.11. The maximum absolute atomic E-state index is 15.6. The Bertz CT molecular complexity index is 1450. The van der Waals surface area contributed by atoms with Crippen LogP contribution in [0.5, 0.6) is 0 Å². The van der Waals surface area contributed by atoms with Gasteiger partial charge in [-0.2, -0.15) is 0 Å². The number of fused-ring (bicyclic) bond motifs is 1. The van der Waals surface area contributed by atoms with Crippen molar-refractivity contribution in [2.75, 3.05) is 0 Å². The van der Waals surface area contributed by atoms with E-state index in [0.29, 0.717) is 34.9 Å². The number of aromatic nitrogens is 3. The molecule has 38 heavy (non-hydrogen) atoms. The van der Waals surface area contributed by atoms with Crippen molar-refractivity contribution in [1.29, 1.82) is 0 Å². The lowest BCUT2D eigenvalue weighted by Crippen LogP contribution is -2.24. The summed E-state index contributed by atoms with van der Waals surface area (Å²) in [6.45, 7) is 5.29. The van der Waals surface area contributed by atoms with Gasteiger partial charge in [0, 0.05) is 16.7 Å². The summed E-state index contributed by atoms with van der Waals surface area (Å²) >= 11 is 0. The van der Waals surface area contributed by atoms with Crippen molar-refractivity contribution in [1.82, 2.24) is 14.8 Å². The first-order chi connectivity index (χ1) is 18.2. The van der Waals surface area contributed by atoms with Crippen molar-refractivity contribution >= 4 is 5.97 Å². The average Bonchev–Trinajstić information content (AvgIpc) is 3.53. The molecule has 1 aliphatic carbocycles. The fraction of sp³-hybridized carbons (Fsp3) is 0.323. The maximum atomic E-state index is 15.6. The molecule has 0 saturated carbocycles. The minimum atomic E-state index is -0.613. The predicted molar refractivity (Wildman–Crippen MR) is 142 cm³/mol. The second-order valence-corrected chi connectivity index (χ2v) is 11.0. The number of carbonyl (C=O) groups is 1. The van der Waals surface area contributed by atoms with E-state index in [9.17, 15) is 9.18 Å². The van der Waals surface area contributed by atoms with E-state index in [1.54, 1.807) is 39.0 Å². The Hall–Kier alpha value is -3.87. The van der Waals surface area contributed by atoms with E-state index in [2.05, 4.69) is 22.2 Å². The normalized spacial score (nSPS) is 13.5. The molecular formula is C31H31F2N3O2. The van der Waals surface area contributed by atoms with Crippen LogP contribution in [-0.4, -0.2) is 20.7 Å². The number of halogens is 2. The average molecular weight is 516 g/mol. The molecular weight excluding hydrogens is 484 g/mol. The van der Waals surface area contributed by atoms with E-state index >= 15 is 4.39 Å². The van der Waals surface area contributed by atoms with Crippen molar-refractivity contribution in [2.24, 2.45) is 11.3 Å². The molecule has 1 heterocycles. The Morgan fingerprint density at radius 1 is 1.00 bits per heavy atom. The fourth-order valence-electron chi connectivity index (χ4n) is 4.91. The molecule has 0 saturated heterocycles. The highest BCUT2D eigenvalue weighted by atomic mass is 19.1. The zero-order chi connectivity index (χ0) is 26.9. The first kappa shape index (κ1) is 25.8. The lowest BCUT2D eigenvalue weighted by atomic mass is 9.93. The predicted octanol–water partition coefficient (Wildman–Crippen LogP) is 6.78. The van der Waals surface area contributed by atoms with Gasteiger partial charge in [-0.05, 0) is 87.3 Å². The lowest BCUT2D eigenvalue weighted by Gasteiger charge is -2.16. The van der Waals surface area contributed by atoms with Gasteiger partial charge in [0.2, 0.25) is 0 Å². The number of hydrogen-bond acceptors (Lipinski definition) is 4. The Labute approximate surface area is 221 Å². The summed E-state index contributed by atoms with van der Waals surface area (Å²) in [4.78, 5) is 16.3. The summed E-state index contributed by atoms with van der Waals surface area (Å²) in [5.74, 6) is -0.561. The zero-order valence-electron chi connectivity index (χ0n) is 21.9. The van der Waals surface area contributed by atoms with Gasteiger partial charge in [-0.1, -0.05) is 42.5 Å². The largest absolute Gasteiger partial charge is 0.442 e. The number of carbonyl (C=O) groups excluding carboxylic acids is 1. The molecule has 0 atom stereocenters. The molecule has 0 fully saturated rings. The first-order valence-electron chi connectivity index (χ1n) is 12.9. The second-order valence-electron chi connectivity index (χ2n) is 11.0. The molecule has 196 valence electrons. The van der Waals surface area contributed by atoms with Gasteiger partial charge >= 0.3 is 5.97 Å². The van der Waals surface area contributed by atoms with Crippen molar-refractivity contribution in [3.8, 4) is 22.5 Å². The molecule has 1 aliphatic rings. The van der Waals surface area contributed by atoms with Crippen LogP contribution in [0.1, 0.15) is 43.9 Å². The SMILES string of the molecule is CC(C)(C)C(=O)OCn1cnc(-c2cccc(-c3ccc(F)c(CCC4Cc5ccccc5C4)c3F)c2)n1. The highest BCUT2D eigenvalue weighted by Crippen LogP contribution is 2.33. The van der Waals surface area contributed by atoms with E-state index < -0.39 is 17.0 Å². The zero-order valence-corrected chi connectivity index (χ0v) is 21.9. The molecule has 4 aromatic rings. The molecule has 0 unspecified atom stereocenters. The van der Waals surface area contributed by atoms with Crippen LogP contribution >= 0.6 is 0 Å². The molecule has 0 aliphatic heterocycles. The third-order valence-electron chi connectivity index (χ3n) is 7.03. The quantitative estimate of drug-likeness (QED) is 0.255. The standard InChI is InChI=1S/C31H31F2N3O2/c1-31(2,3)30(37)38-19-36-18-34-29(35-36)24-10-6-9-23(17-24)25-13-14-27(32)26(28(25)33)12-11-20-15-21-7-4-5-8-22(21)16-20/h4-10,13-14,17-18,20H,11-12,15-16,19H2,1-3H3. The smallest absolute Gasteiger partial charge is 0.313 e. The number of esters is 1. The third-order valence-corrected chi connectivity index (χ3v) is 7.03. The van der Waals surface area contributed by atoms with Gasteiger partial charge in [0.1, 0.15) is 18.0 Å². The number of nitrogens with zero attached hydrogens (tertiary/aromatic N) is 3. The van der Waals surface area contributed by atoms with Gasteiger partial charge < -0.3 is 4.74 Å². The fourth-order valence-corrected chi connectivity index (χ4v) is 4.91. The van der Waals surface area contributed by atoms with Gasteiger partial charge in [0.25, 0.3) is 0 Å². The van der Waals surface area contributed by atoms with Crippen molar-refractivity contribution in [3.05, 3.63) is 95.3 Å². The van der Waals surface area contributed by atoms with Crippen LogP contribution in [0.2, 0.25) is 0 Å². The Morgan fingerprint density at radius 3 is 2.42 bits per heavy atom. The number of rotatable bonds is 7. The number of benzene rings is 3. The summed E-state index contributed by atoms with van der Waals surface area (Å²) in [6, 6.07) is 18.4. The monoisotopic (exact) mass is 515 g/mol. The molecule has 5 rings (SSSR count). The molecule has 0 amide bonds. The summed E-state index contributed by atoms with van der Waals surface area (Å²) in [5.41, 5.74) is 3.84. The minimum Gasteiger partial charge on any atom is -0.442 e. The van der Waals surface area contributed by atoms with Crippen LogP contribution in [0.25, 0.3) is 22.5 Å². The van der Waals surface area contributed by atoms with Gasteiger partial charge in [-0.25, -0.2) is 18.4 Å². The Balaban J connectivity index is 1.31. The van der Waals surface area contributed by atoms with Crippen LogP contribution in [-0.2, 0) is 35.5 Å². The van der Waals surface area contributed by atoms with Gasteiger partial charge in [-0.3, -0.25) is 4.79 Å². The van der Waals surface area contributed by atoms with Gasteiger partial charge in [-0.15, -0.1) is 5.10 Å². The molecule has 7 heteroatoms. The van der Waals surface area contributed by atoms with Gasteiger partial charge in [0.05, 0.1) is 5.41 Å². The number of hydrogen-bond donors (Lipinski definition) is 0. The van der Waals surface area contributed by atoms with Gasteiger partial charge in [0.15, 0.2) is 12.6 Å². The first-order valence-corrected chi connectivity index (χ1v) is 12.9. The Morgan fingerprint density at radius 2 is 1.71 bits per heavy atom. The van der Waals surface area contributed by atoms with E-state index in [0.717, 1.165) is 19.3 Å². The molecule has 1 aromatic heterocycles. The van der Waals surface area contributed by atoms with E-state index in [4.69, 9.17) is 4.74 Å². The van der Waals surface area contributed by atoms with E-state index in [-0.39, 0.29) is 18.3 Å². The third kappa shape index (κ3) is 5.52. The summed E-state index contributed by atoms with van der Waals surface area (Å²) in [6.07, 6.45) is 4.47. The second kappa shape index (κ2) is 10.5. The lowest BCUT2D eigenvalue weighted by molar-refractivity contribution is -0.157. The molecule has 3 aromatic carbocycles. The van der Waals surface area contributed by atoms with Crippen LogP contribution in [0.15, 0.2) is 67.0 Å². The van der Waals surface area contributed by atoms with E-state index in [1.165, 1.54) is 34.3 Å². The summed E-state index contributed by atoms with van der Waals surface area (Å²) < 4.78 is 37.1. The van der Waals surface area contributed by atoms with Crippen LogP contribution in [0.4, 0.5) is 8.78 Å². The van der Waals surface area contributed by atoms with Crippen molar-refractivity contribution in [2.45, 2.75) is 53.2 Å². The summed E-state index contributed by atoms with van der Waals surface area (Å²) in [5, 5.41) is 4.39. The topological polar surface area (TPSA) is 57.0 Å². The molecule has 0 radical (unpaired) electrons. The van der Waals surface area contributed by atoms with Crippen molar-refractivity contribution < 1.29 is 18.3 Å². The van der Waals surface area contributed by atoms with Crippen molar-refractivity contribution in [3.63, 3.8) is 0 Å². The minimum absolute atomic E-state index is 0.0508. The molecule has 0 bridgehead atoms. The maximum Gasteiger partial charge on any atom is 0.313 e. The molecule has 5 nitrogen and oxygen atoms in total. The number of ether oxygens (including phenoxy) is 1. The summed E-state index contributed by atoms with van der Waals surface area (Å²) in [7, 11) is 0. The molecule has 0 N–H and O–H groups in total. The highest BCUT2D eigenvalue weighted by molar-refractivity contribution is 5.75. The highest BCUT2D eigenvalue weighted by Gasteiger charge is 2.24. The van der Waals surface area contributed by atoms with Crippen LogP contribution in [0.3, 0.4) is 0 Å². The van der Waals surface area contributed by atoms with E-state index in [1.807, 2.05) is 18.2 Å².